The van der Waals surface area contributed by atoms with Gasteiger partial charge in [-0.25, -0.2) is 9.59 Å². The fourth-order valence-corrected chi connectivity index (χ4v) is 4.49. The van der Waals surface area contributed by atoms with Crippen LogP contribution in [0.25, 0.3) is 0 Å². The first-order chi connectivity index (χ1) is 21.6. The summed E-state index contributed by atoms with van der Waals surface area (Å²) in [4.78, 5) is 23.6. The maximum Gasteiger partial charge on any atom is 0.343 e. The molecule has 44 heavy (non-hydrogen) atoms. The summed E-state index contributed by atoms with van der Waals surface area (Å²) in [5.74, 6) is 1.38. The Morgan fingerprint density at radius 2 is 1.05 bits per heavy atom. The van der Waals surface area contributed by atoms with Crippen molar-refractivity contribution in [3.63, 3.8) is 0 Å². The molecule has 0 saturated heterocycles. The lowest BCUT2D eigenvalue weighted by molar-refractivity contribution is -0.137. The van der Waals surface area contributed by atoms with Crippen molar-refractivity contribution in [2.75, 3.05) is 33.5 Å². The number of benzene rings is 3. The van der Waals surface area contributed by atoms with Crippen LogP contribution in [0.15, 0.2) is 85.5 Å². The summed E-state index contributed by atoms with van der Waals surface area (Å²) in [6.45, 7) is 5.95. The molecule has 7 nitrogen and oxygen atoms in total. The molecule has 0 radical (unpaired) electrons. The molecule has 3 aromatic carbocycles. The number of rotatable bonds is 22. The topological polar surface area (TPSA) is 80.3 Å². The van der Waals surface area contributed by atoms with Crippen molar-refractivity contribution in [2.24, 2.45) is 0 Å². The highest BCUT2D eigenvalue weighted by Crippen LogP contribution is 2.19. The molecule has 0 bridgehead atoms. The van der Waals surface area contributed by atoms with Gasteiger partial charge in [0.1, 0.15) is 17.2 Å². The molecule has 0 atom stereocenters. The van der Waals surface area contributed by atoms with Gasteiger partial charge in [-0.05, 0) is 117 Å². The SMILES string of the molecule is C=CC(=O)OCCCCCCOc1ccc(CCc2ccc(OC(=O)c3ccc(OCCCCCCOC)cc3)cc2)cc1. The number of esters is 2. The van der Waals surface area contributed by atoms with Crippen LogP contribution in [0.2, 0.25) is 0 Å². The number of carbonyl (C=O) groups is 2. The fraction of sp³-hybridized carbons (Fsp3) is 0.405. The summed E-state index contributed by atoms with van der Waals surface area (Å²) in [5.41, 5.74) is 2.89. The van der Waals surface area contributed by atoms with E-state index in [0.717, 1.165) is 82.3 Å². The van der Waals surface area contributed by atoms with Gasteiger partial charge in [-0.3, -0.25) is 0 Å². The summed E-state index contributed by atoms with van der Waals surface area (Å²) in [7, 11) is 1.72. The van der Waals surface area contributed by atoms with Crippen LogP contribution < -0.4 is 14.2 Å². The van der Waals surface area contributed by atoms with Gasteiger partial charge in [0.05, 0.1) is 25.4 Å². The van der Waals surface area contributed by atoms with E-state index in [0.29, 0.717) is 31.1 Å². The zero-order chi connectivity index (χ0) is 31.2. The normalized spacial score (nSPS) is 10.7. The van der Waals surface area contributed by atoms with Crippen LogP contribution in [0.5, 0.6) is 17.2 Å². The average molecular weight is 603 g/mol. The second kappa shape index (κ2) is 20.7. The summed E-state index contributed by atoms with van der Waals surface area (Å²) in [6, 6.07) is 23.0. The average Bonchev–Trinajstić information content (AvgIpc) is 3.06. The molecule has 3 rings (SSSR count). The molecule has 0 amide bonds. The Morgan fingerprint density at radius 1 is 0.591 bits per heavy atom. The Kier molecular flexibility index (Phi) is 16.2. The van der Waals surface area contributed by atoms with Gasteiger partial charge in [0.2, 0.25) is 0 Å². The van der Waals surface area contributed by atoms with Crippen molar-refractivity contribution >= 4 is 11.9 Å². The van der Waals surface area contributed by atoms with Gasteiger partial charge in [0.15, 0.2) is 0 Å². The molecular weight excluding hydrogens is 556 g/mol. The minimum Gasteiger partial charge on any atom is -0.494 e. The van der Waals surface area contributed by atoms with E-state index in [1.807, 2.05) is 36.4 Å². The van der Waals surface area contributed by atoms with E-state index in [-0.39, 0.29) is 5.97 Å². The van der Waals surface area contributed by atoms with E-state index >= 15 is 0 Å². The lowest BCUT2D eigenvalue weighted by Gasteiger charge is -2.09. The maximum atomic E-state index is 12.6. The lowest BCUT2D eigenvalue weighted by Crippen LogP contribution is -2.08. The highest BCUT2D eigenvalue weighted by Gasteiger charge is 2.09. The lowest BCUT2D eigenvalue weighted by atomic mass is 10.0. The summed E-state index contributed by atoms with van der Waals surface area (Å²) in [6.07, 6.45) is 11.1. The zero-order valence-corrected chi connectivity index (χ0v) is 26.0. The number of hydrogen-bond donors (Lipinski definition) is 0. The second-order valence-electron chi connectivity index (χ2n) is 10.6. The van der Waals surface area contributed by atoms with Crippen LogP contribution in [0.4, 0.5) is 0 Å². The van der Waals surface area contributed by atoms with Gasteiger partial charge in [-0.1, -0.05) is 37.3 Å². The third-order valence-electron chi connectivity index (χ3n) is 7.08. The number of unbranched alkanes of at least 4 members (excludes halogenated alkanes) is 6. The molecule has 0 aromatic heterocycles. The molecule has 236 valence electrons. The first-order valence-corrected chi connectivity index (χ1v) is 15.6. The fourth-order valence-electron chi connectivity index (χ4n) is 4.49. The Hall–Kier alpha value is -4.10. The van der Waals surface area contributed by atoms with Crippen molar-refractivity contribution in [2.45, 2.75) is 64.2 Å². The van der Waals surface area contributed by atoms with Gasteiger partial charge in [-0.2, -0.15) is 0 Å². The molecule has 0 N–H and O–H groups in total. The minimum atomic E-state index is -0.392. The third kappa shape index (κ3) is 13.9. The molecule has 0 fully saturated rings. The van der Waals surface area contributed by atoms with Gasteiger partial charge in [-0.15, -0.1) is 0 Å². The van der Waals surface area contributed by atoms with Crippen LogP contribution in [-0.2, 0) is 27.1 Å². The Morgan fingerprint density at radius 3 is 1.55 bits per heavy atom. The van der Waals surface area contributed by atoms with E-state index in [4.69, 9.17) is 23.7 Å². The van der Waals surface area contributed by atoms with Gasteiger partial charge in [0, 0.05) is 19.8 Å². The minimum absolute atomic E-state index is 0.367. The Balaban J connectivity index is 1.30. The van der Waals surface area contributed by atoms with Crippen molar-refractivity contribution in [3.05, 3.63) is 102 Å². The standard InChI is InChI=1S/C37H46O7/c1-3-36(38)43-29-11-7-6-10-27-41-33-20-14-30(15-21-33)12-13-31-16-22-35(23-17-31)44-37(39)32-18-24-34(25-19-32)42-28-9-5-4-8-26-40-2/h3,14-25H,1,4-13,26-29H2,2H3. The van der Waals surface area contributed by atoms with E-state index in [1.54, 1.807) is 31.4 Å². The Labute approximate surface area is 262 Å². The molecule has 0 saturated carbocycles. The highest BCUT2D eigenvalue weighted by molar-refractivity contribution is 5.91. The highest BCUT2D eigenvalue weighted by atomic mass is 16.5. The summed E-state index contributed by atoms with van der Waals surface area (Å²) < 4.78 is 27.2. The van der Waals surface area contributed by atoms with Crippen molar-refractivity contribution in [1.82, 2.24) is 0 Å². The van der Waals surface area contributed by atoms with Gasteiger partial charge < -0.3 is 23.7 Å². The van der Waals surface area contributed by atoms with Crippen LogP contribution >= 0.6 is 0 Å². The smallest absolute Gasteiger partial charge is 0.343 e. The number of methoxy groups -OCH3 is 1. The monoisotopic (exact) mass is 602 g/mol. The van der Waals surface area contributed by atoms with Crippen LogP contribution in [0.1, 0.15) is 72.9 Å². The number of hydrogen-bond acceptors (Lipinski definition) is 7. The molecule has 3 aromatic rings. The molecule has 7 heteroatoms. The first-order valence-electron chi connectivity index (χ1n) is 15.6. The number of aryl methyl sites for hydroxylation is 2. The Bertz CT molecular complexity index is 1230. The molecule has 0 spiro atoms. The van der Waals surface area contributed by atoms with Crippen molar-refractivity contribution in [1.29, 1.82) is 0 Å². The third-order valence-corrected chi connectivity index (χ3v) is 7.08. The predicted molar refractivity (Wildman–Crippen MR) is 173 cm³/mol. The number of ether oxygens (including phenoxy) is 5. The molecule has 0 heterocycles. The van der Waals surface area contributed by atoms with Crippen LogP contribution in [0.3, 0.4) is 0 Å². The van der Waals surface area contributed by atoms with Crippen LogP contribution in [0, 0.1) is 0 Å². The molecule has 0 unspecified atom stereocenters. The molecular formula is C37H46O7. The maximum absolute atomic E-state index is 12.6. The van der Waals surface area contributed by atoms with Crippen molar-refractivity contribution in [3.8, 4) is 17.2 Å². The van der Waals surface area contributed by atoms with Gasteiger partial charge in [0.25, 0.3) is 0 Å². The zero-order valence-electron chi connectivity index (χ0n) is 26.0. The predicted octanol–water partition coefficient (Wildman–Crippen LogP) is 7.95. The van der Waals surface area contributed by atoms with Gasteiger partial charge >= 0.3 is 11.9 Å². The summed E-state index contributed by atoms with van der Waals surface area (Å²) in [5, 5.41) is 0. The van der Waals surface area contributed by atoms with E-state index in [2.05, 4.69) is 18.7 Å². The quantitative estimate of drug-likeness (QED) is 0.0500. The second-order valence-corrected chi connectivity index (χ2v) is 10.6. The molecule has 0 aliphatic carbocycles. The van der Waals surface area contributed by atoms with E-state index in [9.17, 15) is 9.59 Å². The molecule has 0 aliphatic heterocycles. The van der Waals surface area contributed by atoms with Crippen molar-refractivity contribution < 1.29 is 33.3 Å². The largest absolute Gasteiger partial charge is 0.494 e. The van der Waals surface area contributed by atoms with E-state index in [1.165, 1.54) is 17.2 Å². The number of carbonyl (C=O) groups excluding carboxylic acids is 2. The van der Waals surface area contributed by atoms with Crippen LogP contribution in [-0.4, -0.2) is 45.5 Å². The summed E-state index contributed by atoms with van der Waals surface area (Å²) >= 11 is 0. The first kappa shape index (κ1) is 34.4. The van der Waals surface area contributed by atoms with E-state index < -0.39 is 5.97 Å². The molecule has 0 aliphatic rings.